The van der Waals surface area contributed by atoms with Gasteiger partial charge in [0, 0.05) is 40.3 Å². The Kier molecular flexibility index (Phi) is 6.20. The average Bonchev–Trinajstić information content (AvgIpc) is 2.79. The Labute approximate surface area is 197 Å². The lowest BCUT2D eigenvalue weighted by atomic mass is 9.85. The highest BCUT2D eigenvalue weighted by atomic mass is 35.5. The number of amides is 1. The highest BCUT2D eigenvalue weighted by Gasteiger charge is 2.28. The molecule has 2 heterocycles. The number of pyridine rings is 1. The molecule has 6 nitrogen and oxygen atoms in total. The third-order valence-electron chi connectivity index (χ3n) is 5.40. The van der Waals surface area contributed by atoms with Crippen molar-refractivity contribution in [3.63, 3.8) is 0 Å². The number of carbonyl (C=O) groups is 2. The molecule has 0 spiro atoms. The fraction of sp³-hybridized carbons (Fsp3) is 0.192. The van der Waals surface area contributed by atoms with E-state index in [4.69, 9.17) is 16.3 Å². The Morgan fingerprint density at radius 1 is 1.09 bits per heavy atom. The molecule has 1 aliphatic rings. The SMILES string of the molecule is COc1ccc2c(c1)C(=CC(=O)c1ccc(NC(=O)c3ccc(Cl)nc3)cc1)NC(C)(C)C2. The first-order valence-corrected chi connectivity index (χ1v) is 10.9. The Balaban J connectivity index is 1.54. The second-order valence-corrected chi connectivity index (χ2v) is 8.92. The van der Waals surface area contributed by atoms with Crippen molar-refractivity contribution in [3.8, 4) is 5.75 Å². The van der Waals surface area contributed by atoms with Gasteiger partial charge in [-0.05, 0) is 74.4 Å². The van der Waals surface area contributed by atoms with E-state index < -0.39 is 0 Å². The number of hydrogen-bond donors (Lipinski definition) is 2. The second kappa shape index (κ2) is 9.08. The van der Waals surface area contributed by atoms with Crippen LogP contribution in [0.2, 0.25) is 5.15 Å². The van der Waals surface area contributed by atoms with Crippen molar-refractivity contribution < 1.29 is 14.3 Å². The average molecular weight is 462 g/mol. The van der Waals surface area contributed by atoms with E-state index in [9.17, 15) is 9.59 Å². The molecule has 1 amide bonds. The van der Waals surface area contributed by atoms with Crippen LogP contribution in [-0.4, -0.2) is 29.3 Å². The summed E-state index contributed by atoms with van der Waals surface area (Å²) in [6.45, 7) is 4.21. The fourth-order valence-electron chi connectivity index (χ4n) is 3.80. The molecule has 0 fully saturated rings. The van der Waals surface area contributed by atoms with Crippen LogP contribution in [0.25, 0.3) is 5.70 Å². The van der Waals surface area contributed by atoms with Crippen LogP contribution in [0.1, 0.15) is 45.7 Å². The maximum Gasteiger partial charge on any atom is 0.257 e. The molecule has 0 radical (unpaired) electrons. The summed E-state index contributed by atoms with van der Waals surface area (Å²) in [4.78, 5) is 29.3. The molecule has 0 unspecified atom stereocenters. The van der Waals surface area contributed by atoms with E-state index in [0.717, 1.165) is 29.0 Å². The number of aromatic nitrogens is 1. The van der Waals surface area contributed by atoms with Gasteiger partial charge >= 0.3 is 0 Å². The van der Waals surface area contributed by atoms with E-state index in [2.05, 4.69) is 29.5 Å². The standard InChI is InChI=1S/C26H24ClN3O3/c1-26(2)14-17-6-10-20(33-3)12-21(17)22(30-26)13-23(31)16-4-8-19(9-5-16)29-25(32)18-7-11-24(27)28-15-18/h4-13,15,30H,14H2,1-3H3,(H,29,32). The first kappa shape index (κ1) is 22.6. The molecule has 0 aliphatic carbocycles. The molecule has 4 rings (SSSR count). The normalized spacial score (nSPS) is 15.3. The van der Waals surface area contributed by atoms with Gasteiger partial charge < -0.3 is 15.4 Å². The van der Waals surface area contributed by atoms with E-state index in [1.807, 2.05) is 18.2 Å². The molecular weight excluding hydrogens is 438 g/mol. The van der Waals surface area contributed by atoms with Crippen LogP contribution in [0.5, 0.6) is 5.75 Å². The smallest absolute Gasteiger partial charge is 0.257 e. The number of ketones is 1. The largest absolute Gasteiger partial charge is 0.497 e. The number of anilines is 1. The molecule has 2 aromatic carbocycles. The lowest BCUT2D eigenvalue weighted by Gasteiger charge is -2.35. The number of allylic oxidation sites excluding steroid dienone is 1. The van der Waals surface area contributed by atoms with Crippen molar-refractivity contribution >= 4 is 34.7 Å². The van der Waals surface area contributed by atoms with Gasteiger partial charge in [0.25, 0.3) is 5.91 Å². The minimum Gasteiger partial charge on any atom is -0.497 e. The van der Waals surface area contributed by atoms with Crippen molar-refractivity contribution in [1.29, 1.82) is 0 Å². The predicted molar refractivity (Wildman–Crippen MR) is 130 cm³/mol. The molecule has 33 heavy (non-hydrogen) atoms. The van der Waals surface area contributed by atoms with Crippen LogP contribution < -0.4 is 15.4 Å². The highest BCUT2D eigenvalue weighted by molar-refractivity contribution is 6.29. The zero-order valence-corrected chi connectivity index (χ0v) is 19.4. The van der Waals surface area contributed by atoms with Crippen LogP contribution >= 0.6 is 11.6 Å². The number of nitrogens with zero attached hydrogens (tertiary/aromatic N) is 1. The summed E-state index contributed by atoms with van der Waals surface area (Å²) in [6.07, 6.45) is 3.87. The van der Waals surface area contributed by atoms with Crippen LogP contribution in [0.4, 0.5) is 5.69 Å². The molecule has 1 aliphatic heterocycles. The number of nitrogens with one attached hydrogen (secondary N) is 2. The van der Waals surface area contributed by atoms with Gasteiger partial charge in [0.15, 0.2) is 5.78 Å². The zero-order valence-electron chi connectivity index (χ0n) is 18.6. The molecule has 0 atom stereocenters. The summed E-state index contributed by atoms with van der Waals surface area (Å²) in [5.74, 6) is 0.299. The number of halogens is 1. The third kappa shape index (κ3) is 5.23. The van der Waals surface area contributed by atoms with E-state index in [1.165, 1.54) is 6.20 Å². The predicted octanol–water partition coefficient (Wildman–Crippen LogP) is 5.14. The molecule has 0 saturated heterocycles. The highest BCUT2D eigenvalue weighted by Crippen LogP contribution is 2.32. The minimum absolute atomic E-state index is 0.135. The minimum atomic E-state index is -0.306. The van der Waals surface area contributed by atoms with Gasteiger partial charge in [-0.15, -0.1) is 0 Å². The van der Waals surface area contributed by atoms with Crippen molar-refractivity contribution in [2.45, 2.75) is 25.8 Å². The number of benzene rings is 2. The van der Waals surface area contributed by atoms with Crippen LogP contribution in [-0.2, 0) is 6.42 Å². The summed E-state index contributed by atoms with van der Waals surface area (Å²) in [7, 11) is 1.63. The molecule has 3 aromatic rings. The van der Waals surface area contributed by atoms with E-state index in [0.29, 0.717) is 22.0 Å². The molecule has 1 aromatic heterocycles. The quantitative estimate of drug-likeness (QED) is 0.312. The van der Waals surface area contributed by atoms with Crippen molar-refractivity contribution in [2.75, 3.05) is 12.4 Å². The third-order valence-corrected chi connectivity index (χ3v) is 5.63. The van der Waals surface area contributed by atoms with E-state index >= 15 is 0 Å². The Bertz CT molecular complexity index is 1230. The Hall–Kier alpha value is -3.64. The first-order chi connectivity index (χ1) is 15.7. The van der Waals surface area contributed by atoms with Gasteiger partial charge in [-0.1, -0.05) is 17.7 Å². The van der Waals surface area contributed by atoms with Crippen LogP contribution in [0.15, 0.2) is 66.9 Å². The lowest BCUT2D eigenvalue weighted by molar-refractivity contribution is 0.102. The molecule has 7 heteroatoms. The summed E-state index contributed by atoms with van der Waals surface area (Å²) in [5, 5.41) is 6.58. The number of carbonyl (C=O) groups excluding carboxylic acids is 2. The van der Waals surface area contributed by atoms with Crippen LogP contribution in [0, 0.1) is 0 Å². The summed E-state index contributed by atoms with van der Waals surface area (Å²) < 4.78 is 5.37. The fourth-order valence-corrected chi connectivity index (χ4v) is 3.91. The van der Waals surface area contributed by atoms with Gasteiger partial charge in [-0.2, -0.15) is 0 Å². The zero-order chi connectivity index (χ0) is 23.6. The Morgan fingerprint density at radius 2 is 1.82 bits per heavy atom. The van der Waals surface area contributed by atoms with E-state index in [1.54, 1.807) is 49.6 Å². The van der Waals surface area contributed by atoms with E-state index in [-0.39, 0.29) is 17.2 Å². The van der Waals surface area contributed by atoms with Gasteiger partial charge in [0.05, 0.1) is 12.7 Å². The van der Waals surface area contributed by atoms with Gasteiger partial charge in [0.2, 0.25) is 0 Å². The number of ether oxygens (including phenoxy) is 1. The van der Waals surface area contributed by atoms with Crippen molar-refractivity contribution in [1.82, 2.24) is 10.3 Å². The monoisotopic (exact) mass is 461 g/mol. The van der Waals surface area contributed by atoms with Gasteiger partial charge in [0.1, 0.15) is 10.9 Å². The number of rotatable bonds is 5. The second-order valence-electron chi connectivity index (χ2n) is 8.53. The molecule has 0 saturated carbocycles. The number of fused-ring (bicyclic) bond motifs is 1. The van der Waals surface area contributed by atoms with Crippen LogP contribution in [0.3, 0.4) is 0 Å². The molecule has 2 N–H and O–H groups in total. The molecule has 168 valence electrons. The Morgan fingerprint density at radius 3 is 2.48 bits per heavy atom. The summed E-state index contributed by atoms with van der Waals surface area (Å²) >= 11 is 5.76. The summed E-state index contributed by atoms with van der Waals surface area (Å²) in [6, 6.07) is 15.9. The van der Waals surface area contributed by atoms with Crippen molar-refractivity contribution in [2.24, 2.45) is 0 Å². The topological polar surface area (TPSA) is 80.3 Å². The van der Waals surface area contributed by atoms with Crippen molar-refractivity contribution in [3.05, 3.63) is 94.3 Å². The number of hydrogen-bond acceptors (Lipinski definition) is 5. The maximum atomic E-state index is 13.0. The molecular formula is C26H24ClN3O3. The summed E-state index contributed by atoms with van der Waals surface area (Å²) in [5.41, 5.74) is 4.19. The number of methoxy groups -OCH3 is 1. The van der Waals surface area contributed by atoms with Gasteiger partial charge in [-0.3, -0.25) is 9.59 Å². The molecule has 0 bridgehead atoms. The first-order valence-electron chi connectivity index (χ1n) is 10.5. The lowest BCUT2D eigenvalue weighted by Crippen LogP contribution is -2.43. The van der Waals surface area contributed by atoms with Gasteiger partial charge in [-0.25, -0.2) is 4.98 Å². The maximum absolute atomic E-state index is 13.0.